The number of carbonyl (C=O) groups excluding carboxylic acids is 4. The van der Waals surface area contributed by atoms with Gasteiger partial charge >= 0.3 is 12.0 Å². The van der Waals surface area contributed by atoms with Gasteiger partial charge < -0.3 is 100 Å². The SMILES string of the molecule is CCCCNC(=O)NCCCO[C@@H]1OC(C)[C@H](O)[C@H](O[C@@H]2OC(C)[C@@H](O)[C@H](O[C@@H]3OC(C(=O)O)[C@@H](O)[C@H](O)C3O[C@@H]3OC(C)[C@@H](O)[C@H](O)C3NC(C)=O)C2NC(C)=O)C1NC(C)=O. The van der Waals surface area contributed by atoms with Gasteiger partial charge in [0.15, 0.2) is 31.3 Å². The number of ether oxygens (including phenoxy) is 8. The second kappa shape index (κ2) is 23.7. The summed E-state index contributed by atoms with van der Waals surface area (Å²) < 4.78 is 47.8. The predicted molar refractivity (Wildman–Crippen MR) is 210 cm³/mol. The van der Waals surface area contributed by atoms with Crippen molar-refractivity contribution >= 4 is 29.7 Å². The van der Waals surface area contributed by atoms with Crippen LogP contribution in [0, 0.1) is 0 Å². The van der Waals surface area contributed by atoms with Crippen LogP contribution in [-0.2, 0) is 57.1 Å². The number of hydrogen-bond donors (Lipinski definition) is 12. The molecule has 4 aliphatic rings. The van der Waals surface area contributed by atoms with E-state index in [1.807, 2.05) is 6.92 Å². The summed E-state index contributed by atoms with van der Waals surface area (Å²) in [6.07, 6.45) is -25.6. The number of aliphatic hydroxyl groups is 6. The van der Waals surface area contributed by atoms with E-state index >= 15 is 0 Å². The fourth-order valence-corrected chi connectivity index (χ4v) is 7.59. The Morgan fingerprint density at radius 3 is 1.49 bits per heavy atom. The van der Waals surface area contributed by atoms with Crippen molar-refractivity contribution in [2.45, 2.75) is 190 Å². The molecule has 4 saturated heterocycles. The number of aliphatic hydroxyl groups excluding tert-OH is 6. The Morgan fingerprint density at radius 2 is 0.968 bits per heavy atom. The fraction of sp³-hybridized carbons (Fsp3) is 0.868. The minimum Gasteiger partial charge on any atom is -0.479 e. The number of amides is 5. The number of carboxylic acid groups (broad SMARTS) is 1. The van der Waals surface area contributed by atoms with E-state index in [9.17, 15) is 59.7 Å². The number of nitrogens with one attached hydrogen (secondary N) is 5. The normalized spacial score (nSPS) is 40.6. The van der Waals surface area contributed by atoms with Gasteiger partial charge in [-0.05, 0) is 33.6 Å². The Hall–Kier alpha value is -3.41. The van der Waals surface area contributed by atoms with Gasteiger partial charge in [0.25, 0.3) is 0 Å². The first kappa shape index (κ1) is 52.2. The van der Waals surface area contributed by atoms with Crippen LogP contribution in [0.4, 0.5) is 4.79 Å². The summed E-state index contributed by atoms with van der Waals surface area (Å²) >= 11 is 0. The highest BCUT2D eigenvalue weighted by atomic mass is 16.8. The number of hydrogen-bond acceptors (Lipinski definition) is 19. The van der Waals surface area contributed by atoms with Gasteiger partial charge in [0.2, 0.25) is 17.7 Å². The first-order valence-electron chi connectivity index (χ1n) is 21.0. The summed E-state index contributed by atoms with van der Waals surface area (Å²) in [5, 5.41) is 89.5. The number of urea groups is 1. The summed E-state index contributed by atoms with van der Waals surface area (Å²) in [7, 11) is 0. The van der Waals surface area contributed by atoms with Crippen LogP contribution in [0.1, 0.15) is 67.7 Å². The molecule has 63 heavy (non-hydrogen) atoms. The van der Waals surface area contributed by atoms with Gasteiger partial charge in [-0.25, -0.2) is 9.59 Å². The highest BCUT2D eigenvalue weighted by Gasteiger charge is 2.57. The zero-order valence-electron chi connectivity index (χ0n) is 36.2. The molecule has 4 heterocycles. The van der Waals surface area contributed by atoms with E-state index in [1.54, 1.807) is 0 Å². The predicted octanol–water partition coefficient (Wildman–Crippen LogP) is -4.63. The topological polar surface area (TPSA) is 361 Å². The Labute approximate surface area is 363 Å². The third-order valence-corrected chi connectivity index (χ3v) is 10.9. The molecule has 0 saturated carbocycles. The molecule has 25 nitrogen and oxygen atoms in total. The molecule has 0 aromatic rings. The maximum atomic E-state index is 12.8. The van der Waals surface area contributed by atoms with Gasteiger partial charge in [-0.2, -0.15) is 0 Å². The minimum atomic E-state index is -2.16. The number of carbonyl (C=O) groups is 5. The van der Waals surface area contributed by atoms with E-state index in [-0.39, 0.29) is 19.2 Å². The first-order valence-corrected chi connectivity index (χ1v) is 21.0. The molecule has 8 unspecified atom stereocenters. The van der Waals surface area contributed by atoms with E-state index in [1.165, 1.54) is 27.7 Å². The van der Waals surface area contributed by atoms with E-state index in [4.69, 9.17) is 37.9 Å². The molecule has 4 rings (SSSR count). The fourth-order valence-electron chi connectivity index (χ4n) is 7.59. The van der Waals surface area contributed by atoms with Crippen LogP contribution in [0.5, 0.6) is 0 Å². The molecule has 0 aromatic heterocycles. The number of aliphatic carboxylic acids is 1. The molecule has 0 aromatic carbocycles. The second-order valence-electron chi connectivity index (χ2n) is 16.1. The highest BCUT2D eigenvalue weighted by molar-refractivity contribution is 5.75. The van der Waals surface area contributed by atoms with Gasteiger partial charge in [0, 0.05) is 33.9 Å². The van der Waals surface area contributed by atoms with Gasteiger partial charge in [-0.3, -0.25) is 14.4 Å². The molecular weight excluding hydrogens is 846 g/mol. The molecule has 0 bridgehead atoms. The third-order valence-electron chi connectivity index (χ3n) is 10.9. The molecule has 12 N–H and O–H groups in total. The quantitative estimate of drug-likeness (QED) is 0.0576. The smallest absolute Gasteiger partial charge is 0.335 e. The molecule has 362 valence electrons. The molecule has 0 spiro atoms. The monoisotopic (exact) mass is 911 g/mol. The van der Waals surface area contributed by atoms with Crippen molar-refractivity contribution in [3.63, 3.8) is 0 Å². The Balaban J connectivity index is 1.62. The standard InChI is InChI=1S/C38H65N5O20/c1-8-9-11-39-38(55)40-12-10-13-56-34-21(42-18(6)45)29(24(48)15(3)57-34)60-36-22(43-19(7)46)30(25(49)16(4)59-36)61-37-32(28(52)27(51)31(62-37)33(53)54)63-35-20(41-17(5)44)26(50)23(47)14(2)58-35/h14-16,20-32,34-37,47-52H,8-13H2,1-7H3,(H,41,44)(H,42,45)(H,43,46)(H,53,54)(H2,39,40,55)/t14?,15?,16?,20?,21?,22?,23-,24+,25-,26-,27+,28+,29-,30-,31?,32?,34-,35+,36+,37-/m1/s1. The van der Waals surface area contributed by atoms with Crippen LogP contribution in [-0.4, -0.2) is 208 Å². The largest absolute Gasteiger partial charge is 0.479 e. The van der Waals surface area contributed by atoms with Crippen LogP contribution >= 0.6 is 0 Å². The van der Waals surface area contributed by atoms with E-state index in [0.29, 0.717) is 13.0 Å². The lowest BCUT2D eigenvalue weighted by molar-refractivity contribution is -0.372. The lowest BCUT2D eigenvalue weighted by atomic mass is 9.94. The highest BCUT2D eigenvalue weighted by Crippen LogP contribution is 2.35. The number of unbranched alkanes of at least 4 members (excludes halogenated alkanes) is 1. The molecule has 20 atom stereocenters. The van der Waals surface area contributed by atoms with Crippen LogP contribution in [0.25, 0.3) is 0 Å². The molecule has 0 radical (unpaired) electrons. The summed E-state index contributed by atoms with van der Waals surface area (Å²) in [4.78, 5) is 61.7. The van der Waals surface area contributed by atoms with Gasteiger partial charge in [0.05, 0.1) is 24.9 Å². The maximum Gasteiger partial charge on any atom is 0.335 e. The van der Waals surface area contributed by atoms with Crippen molar-refractivity contribution in [1.82, 2.24) is 26.6 Å². The van der Waals surface area contributed by atoms with Crippen LogP contribution in [0.2, 0.25) is 0 Å². The van der Waals surface area contributed by atoms with Gasteiger partial charge in [0.1, 0.15) is 73.1 Å². The second-order valence-corrected chi connectivity index (χ2v) is 16.1. The van der Waals surface area contributed by atoms with E-state index in [2.05, 4.69) is 26.6 Å². The van der Waals surface area contributed by atoms with E-state index in [0.717, 1.165) is 26.7 Å². The molecule has 4 fully saturated rings. The van der Waals surface area contributed by atoms with Crippen molar-refractivity contribution in [2.24, 2.45) is 0 Å². The van der Waals surface area contributed by atoms with Crippen LogP contribution < -0.4 is 26.6 Å². The van der Waals surface area contributed by atoms with Gasteiger partial charge in [-0.1, -0.05) is 13.3 Å². The number of rotatable bonds is 18. The first-order chi connectivity index (χ1) is 29.7. The Morgan fingerprint density at radius 1 is 0.524 bits per heavy atom. The molecule has 4 aliphatic heterocycles. The van der Waals surface area contributed by atoms with Crippen molar-refractivity contribution in [3.8, 4) is 0 Å². The summed E-state index contributed by atoms with van der Waals surface area (Å²) in [6.45, 7) is 10.5. The third kappa shape index (κ3) is 13.6. The van der Waals surface area contributed by atoms with Gasteiger partial charge in [-0.15, -0.1) is 0 Å². The Kier molecular flexibility index (Phi) is 19.6. The van der Waals surface area contributed by atoms with Crippen molar-refractivity contribution < 1.29 is 97.6 Å². The summed E-state index contributed by atoms with van der Waals surface area (Å²) in [5.41, 5.74) is 0. The number of carboxylic acids is 1. The average molecular weight is 912 g/mol. The van der Waals surface area contributed by atoms with Crippen molar-refractivity contribution in [3.05, 3.63) is 0 Å². The minimum absolute atomic E-state index is 0.0253. The lowest BCUT2D eigenvalue weighted by Crippen LogP contribution is -2.71. The zero-order valence-corrected chi connectivity index (χ0v) is 36.2. The average Bonchev–Trinajstić information content (AvgIpc) is 3.20. The summed E-state index contributed by atoms with van der Waals surface area (Å²) in [5.74, 6) is -3.70. The molecule has 25 heteroatoms. The van der Waals surface area contributed by atoms with E-state index < -0.39 is 146 Å². The van der Waals surface area contributed by atoms with Crippen LogP contribution in [0.15, 0.2) is 0 Å². The molecule has 5 amide bonds. The van der Waals surface area contributed by atoms with Crippen molar-refractivity contribution in [2.75, 3.05) is 19.7 Å². The lowest BCUT2D eigenvalue weighted by Gasteiger charge is -2.50. The zero-order chi connectivity index (χ0) is 46.9. The summed E-state index contributed by atoms with van der Waals surface area (Å²) in [6, 6.07) is -4.60. The molecular formula is C38H65N5O20. The van der Waals surface area contributed by atoms with Crippen LogP contribution in [0.3, 0.4) is 0 Å². The maximum absolute atomic E-state index is 12.8. The van der Waals surface area contributed by atoms with Crippen molar-refractivity contribution in [1.29, 1.82) is 0 Å². The Bertz CT molecular complexity index is 1530. The molecule has 0 aliphatic carbocycles.